The normalized spacial score (nSPS) is 20.8. The molecule has 0 amide bonds. The van der Waals surface area contributed by atoms with E-state index < -0.39 is 5.60 Å². The van der Waals surface area contributed by atoms with E-state index in [0.717, 1.165) is 24.0 Å². The number of likely N-dealkylation sites (N-methyl/N-ethyl adjacent to an activating group) is 1. The highest BCUT2D eigenvalue weighted by molar-refractivity contribution is 6.31. The van der Waals surface area contributed by atoms with Gasteiger partial charge in [0.2, 0.25) is 0 Å². The van der Waals surface area contributed by atoms with Gasteiger partial charge < -0.3 is 5.11 Å². The molecule has 1 atom stereocenters. The van der Waals surface area contributed by atoms with E-state index in [1.165, 1.54) is 5.56 Å². The Bertz CT molecular complexity index is 646. The lowest BCUT2D eigenvalue weighted by Gasteiger charge is -2.30. The molecule has 1 aromatic heterocycles. The Hall–Kier alpha value is -1.42. The first-order valence-electron chi connectivity index (χ1n) is 7.16. The summed E-state index contributed by atoms with van der Waals surface area (Å²) in [6, 6.07) is 10.1. The zero-order valence-electron chi connectivity index (χ0n) is 12.1. The number of hydrogen-bond acceptors (Lipinski definition) is 3. The number of aliphatic hydroxyl groups is 1. The Labute approximate surface area is 130 Å². The summed E-state index contributed by atoms with van der Waals surface area (Å²) in [4.78, 5) is 6.11. The molecule has 1 heterocycles. The number of benzene rings is 1. The molecule has 1 unspecified atom stereocenters. The molecule has 110 valence electrons. The van der Waals surface area contributed by atoms with Crippen LogP contribution in [-0.2, 0) is 18.6 Å². The van der Waals surface area contributed by atoms with E-state index in [2.05, 4.69) is 16.0 Å². The lowest BCUT2D eigenvalue weighted by Crippen LogP contribution is -2.37. The molecule has 0 saturated heterocycles. The number of aromatic nitrogens is 1. The van der Waals surface area contributed by atoms with Gasteiger partial charge >= 0.3 is 0 Å². The number of hydrogen-bond donors (Lipinski definition) is 1. The Balaban J connectivity index is 1.74. The van der Waals surface area contributed by atoms with Gasteiger partial charge in [-0.1, -0.05) is 35.9 Å². The average Bonchev–Trinajstić information content (AvgIpc) is 2.79. The first-order valence-corrected chi connectivity index (χ1v) is 7.54. The van der Waals surface area contributed by atoms with Gasteiger partial charge in [0.25, 0.3) is 0 Å². The van der Waals surface area contributed by atoms with Crippen molar-refractivity contribution in [2.45, 2.75) is 25.0 Å². The molecule has 2 aromatic rings. The number of rotatable bonds is 4. The SMILES string of the molecule is CN(Cc1ccncc1Cl)CC1(O)CCc2ccccc21. The molecule has 3 nitrogen and oxygen atoms in total. The van der Waals surface area contributed by atoms with Crippen molar-refractivity contribution in [1.29, 1.82) is 0 Å². The molecular weight excluding hydrogens is 284 g/mol. The minimum atomic E-state index is -0.759. The zero-order chi connectivity index (χ0) is 14.9. The van der Waals surface area contributed by atoms with Crippen molar-refractivity contribution < 1.29 is 5.11 Å². The van der Waals surface area contributed by atoms with Crippen LogP contribution in [0.3, 0.4) is 0 Å². The fourth-order valence-corrected chi connectivity index (χ4v) is 3.34. The van der Waals surface area contributed by atoms with E-state index in [-0.39, 0.29) is 0 Å². The van der Waals surface area contributed by atoms with Crippen molar-refractivity contribution >= 4 is 11.6 Å². The third kappa shape index (κ3) is 2.95. The van der Waals surface area contributed by atoms with Gasteiger partial charge in [0.15, 0.2) is 0 Å². The summed E-state index contributed by atoms with van der Waals surface area (Å²) in [6.07, 6.45) is 5.12. The van der Waals surface area contributed by atoms with Crippen LogP contribution in [0.4, 0.5) is 0 Å². The van der Waals surface area contributed by atoms with Crippen LogP contribution in [0, 0.1) is 0 Å². The summed E-state index contributed by atoms with van der Waals surface area (Å²) in [5.74, 6) is 0. The summed E-state index contributed by atoms with van der Waals surface area (Å²) in [5.41, 5.74) is 2.60. The number of aryl methyl sites for hydroxylation is 1. The van der Waals surface area contributed by atoms with Gasteiger partial charge in [0, 0.05) is 25.5 Å². The largest absolute Gasteiger partial charge is 0.384 e. The Morgan fingerprint density at radius 1 is 1.33 bits per heavy atom. The minimum absolute atomic E-state index is 0.600. The molecule has 1 aromatic carbocycles. The number of pyridine rings is 1. The van der Waals surface area contributed by atoms with Gasteiger partial charge in [-0.3, -0.25) is 9.88 Å². The maximum atomic E-state index is 11.0. The van der Waals surface area contributed by atoms with Crippen LogP contribution in [0.15, 0.2) is 42.7 Å². The van der Waals surface area contributed by atoms with E-state index in [1.54, 1.807) is 12.4 Å². The van der Waals surface area contributed by atoms with Crippen LogP contribution < -0.4 is 0 Å². The molecule has 1 aliphatic carbocycles. The van der Waals surface area contributed by atoms with E-state index in [1.807, 2.05) is 31.3 Å². The first-order chi connectivity index (χ1) is 10.1. The standard InChI is InChI=1S/C17H19ClN2O/c1-20(11-14-7-9-19-10-16(14)18)12-17(21)8-6-13-4-2-3-5-15(13)17/h2-5,7,9-10,21H,6,8,11-12H2,1H3. The molecule has 21 heavy (non-hydrogen) atoms. The fraction of sp³-hybridized carbons (Fsp3) is 0.353. The van der Waals surface area contributed by atoms with Crippen LogP contribution in [0.5, 0.6) is 0 Å². The van der Waals surface area contributed by atoms with Crippen LogP contribution in [0.25, 0.3) is 0 Å². The second-order valence-corrected chi connectivity index (χ2v) is 6.24. The van der Waals surface area contributed by atoms with E-state index in [4.69, 9.17) is 11.6 Å². The maximum Gasteiger partial charge on any atom is 0.103 e. The Morgan fingerprint density at radius 2 is 2.14 bits per heavy atom. The second kappa shape index (κ2) is 5.76. The van der Waals surface area contributed by atoms with Crippen LogP contribution in [0.1, 0.15) is 23.1 Å². The molecule has 0 aliphatic heterocycles. The molecule has 1 aliphatic rings. The molecule has 0 spiro atoms. The van der Waals surface area contributed by atoms with E-state index in [0.29, 0.717) is 18.1 Å². The molecular formula is C17H19ClN2O. The van der Waals surface area contributed by atoms with Crippen molar-refractivity contribution in [3.63, 3.8) is 0 Å². The summed E-state index contributed by atoms with van der Waals surface area (Å²) >= 11 is 6.15. The molecule has 0 bridgehead atoms. The smallest absolute Gasteiger partial charge is 0.103 e. The summed E-state index contributed by atoms with van der Waals surface area (Å²) in [5, 5.41) is 11.6. The lowest BCUT2D eigenvalue weighted by molar-refractivity contribution is 0.00549. The van der Waals surface area contributed by atoms with Gasteiger partial charge in [-0.2, -0.15) is 0 Å². The fourth-order valence-electron chi connectivity index (χ4n) is 3.16. The Morgan fingerprint density at radius 3 is 2.95 bits per heavy atom. The van der Waals surface area contributed by atoms with Crippen molar-refractivity contribution in [1.82, 2.24) is 9.88 Å². The van der Waals surface area contributed by atoms with Crippen LogP contribution in [0.2, 0.25) is 5.02 Å². The molecule has 1 N–H and O–H groups in total. The Kier molecular flexibility index (Phi) is 3.98. The highest BCUT2D eigenvalue weighted by atomic mass is 35.5. The first kappa shape index (κ1) is 14.5. The van der Waals surface area contributed by atoms with E-state index >= 15 is 0 Å². The highest BCUT2D eigenvalue weighted by Crippen LogP contribution is 2.37. The predicted octanol–water partition coefficient (Wildman–Crippen LogP) is 3.00. The van der Waals surface area contributed by atoms with Crippen molar-refractivity contribution in [3.8, 4) is 0 Å². The maximum absolute atomic E-state index is 11.0. The molecule has 3 rings (SSSR count). The van der Waals surface area contributed by atoms with Gasteiger partial charge in [-0.15, -0.1) is 0 Å². The zero-order valence-corrected chi connectivity index (χ0v) is 12.8. The van der Waals surface area contributed by atoms with Gasteiger partial charge in [-0.25, -0.2) is 0 Å². The summed E-state index contributed by atoms with van der Waals surface area (Å²) in [7, 11) is 2.01. The minimum Gasteiger partial charge on any atom is -0.384 e. The van der Waals surface area contributed by atoms with Crippen molar-refractivity contribution in [3.05, 3.63) is 64.4 Å². The van der Waals surface area contributed by atoms with Gasteiger partial charge in [0.05, 0.1) is 5.02 Å². The number of nitrogens with zero attached hydrogens (tertiary/aromatic N) is 2. The quantitative estimate of drug-likeness (QED) is 0.943. The predicted molar refractivity (Wildman–Crippen MR) is 84.2 cm³/mol. The van der Waals surface area contributed by atoms with Crippen LogP contribution >= 0.6 is 11.6 Å². The third-order valence-electron chi connectivity index (χ3n) is 4.15. The highest BCUT2D eigenvalue weighted by Gasteiger charge is 2.37. The summed E-state index contributed by atoms with van der Waals surface area (Å²) in [6.45, 7) is 1.30. The second-order valence-electron chi connectivity index (χ2n) is 5.83. The molecule has 0 radical (unpaired) electrons. The molecule has 0 fully saturated rings. The topological polar surface area (TPSA) is 36.4 Å². The number of fused-ring (bicyclic) bond motifs is 1. The van der Waals surface area contributed by atoms with E-state index in [9.17, 15) is 5.11 Å². The third-order valence-corrected chi connectivity index (χ3v) is 4.50. The lowest BCUT2D eigenvalue weighted by atomic mass is 9.95. The monoisotopic (exact) mass is 302 g/mol. The number of halogens is 1. The summed E-state index contributed by atoms with van der Waals surface area (Å²) < 4.78 is 0. The van der Waals surface area contributed by atoms with Gasteiger partial charge in [-0.05, 0) is 42.6 Å². The molecule has 4 heteroatoms. The average molecular weight is 303 g/mol. The molecule has 0 saturated carbocycles. The van der Waals surface area contributed by atoms with Crippen LogP contribution in [-0.4, -0.2) is 28.6 Å². The van der Waals surface area contributed by atoms with Crippen molar-refractivity contribution in [2.75, 3.05) is 13.6 Å². The van der Waals surface area contributed by atoms with Gasteiger partial charge in [0.1, 0.15) is 5.60 Å². The van der Waals surface area contributed by atoms with Crippen molar-refractivity contribution in [2.24, 2.45) is 0 Å².